The van der Waals surface area contributed by atoms with E-state index < -0.39 is 0 Å². The first-order chi connectivity index (χ1) is 10.5. The number of carbonyl (C=O) groups is 1. The minimum atomic E-state index is -0.133. The van der Waals surface area contributed by atoms with E-state index in [-0.39, 0.29) is 11.9 Å². The average Bonchev–Trinajstić information content (AvgIpc) is 3.07. The zero-order valence-electron chi connectivity index (χ0n) is 13.0. The van der Waals surface area contributed by atoms with Gasteiger partial charge in [0.2, 0.25) is 0 Å². The van der Waals surface area contributed by atoms with Gasteiger partial charge in [0.05, 0.1) is 22.9 Å². The number of nitrogens with zero attached hydrogens (tertiary/aromatic N) is 3. The molecule has 0 aromatic carbocycles. The molecular formula is C16H18N4O2. The third kappa shape index (κ3) is 2.36. The predicted molar refractivity (Wildman–Crippen MR) is 83.6 cm³/mol. The van der Waals surface area contributed by atoms with Gasteiger partial charge in [0.25, 0.3) is 5.91 Å². The molecule has 3 aromatic rings. The Hall–Kier alpha value is -2.63. The molecule has 3 heterocycles. The van der Waals surface area contributed by atoms with Gasteiger partial charge in [0.15, 0.2) is 11.4 Å². The van der Waals surface area contributed by atoms with Crippen molar-refractivity contribution in [2.24, 2.45) is 7.05 Å². The molecule has 114 valence electrons. The minimum Gasteiger partial charge on any atom is -0.463 e. The highest BCUT2D eigenvalue weighted by molar-refractivity contribution is 6.07. The van der Waals surface area contributed by atoms with Gasteiger partial charge in [-0.1, -0.05) is 0 Å². The highest BCUT2D eigenvalue weighted by Crippen LogP contribution is 2.27. The quantitative estimate of drug-likeness (QED) is 0.807. The summed E-state index contributed by atoms with van der Waals surface area (Å²) in [5.74, 6) is 0.491. The second-order valence-electron chi connectivity index (χ2n) is 5.57. The predicted octanol–water partition coefficient (Wildman–Crippen LogP) is 2.67. The minimum absolute atomic E-state index is 0.0553. The van der Waals surface area contributed by atoms with E-state index in [1.54, 1.807) is 23.1 Å². The lowest BCUT2D eigenvalue weighted by atomic mass is 10.1. The highest BCUT2D eigenvalue weighted by Gasteiger charge is 2.20. The van der Waals surface area contributed by atoms with E-state index in [1.807, 2.05) is 33.9 Å². The molecular weight excluding hydrogens is 280 g/mol. The Kier molecular flexibility index (Phi) is 3.44. The first-order valence-corrected chi connectivity index (χ1v) is 7.16. The molecule has 6 nitrogen and oxygen atoms in total. The normalized spacial score (nSPS) is 11.3. The molecule has 0 radical (unpaired) electrons. The number of fused-ring (bicyclic) bond motifs is 1. The Morgan fingerprint density at radius 1 is 1.41 bits per heavy atom. The van der Waals surface area contributed by atoms with Crippen molar-refractivity contribution in [1.29, 1.82) is 0 Å². The Morgan fingerprint density at radius 3 is 2.82 bits per heavy atom. The van der Waals surface area contributed by atoms with Gasteiger partial charge < -0.3 is 9.73 Å². The van der Waals surface area contributed by atoms with Gasteiger partial charge in [0.1, 0.15) is 5.69 Å². The summed E-state index contributed by atoms with van der Waals surface area (Å²) in [6.07, 6.45) is 1.59. The first kappa shape index (κ1) is 14.3. The van der Waals surface area contributed by atoms with Crippen molar-refractivity contribution in [3.8, 4) is 11.5 Å². The topological polar surface area (TPSA) is 73.0 Å². The molecule has 0 saturated heterocycles. The van der Waals surface area contributed by atoms with E-state index in [2.05, 4.69) is 15.4 Å². The molecule has 0 aliphatic carbocycles. The third-order valence-corrected chi connectivity index (χ3v) is 3.41. The smallest absolute Gasteiger partial charge is 0.252 e. The molecule has 1 N–H and O–H groups in total. The highest BCUT2D eigenvalue weighted by atomic mass is 16.3. The monoisotopic (exact) mass is 298 g/mol. The molecule has 1 amide bonds. The Balaban J connectivity index is 2.25. The zero-order valence-corrected chi connectivity index (χ0v) is 13.0. The maximum absolute atomic E-state index is 12.5. The fourth-order valence-corrected chi connectivity index (χ4v) is 2.51. The van der Waals surface area contributed by atoms with E-state index >= 15 is 0 Å². The van der Waals surface area contributed by atoms with Crippen LogP contribution in [0.4, 0.5) is 0 Å². The summed E-state index contributed by atoms with van der Waals surface area (Å²) in [6.45, 7) is 5.74. The fourth-order valence-electron chi connectivity index (χ4n) is 2.51. The van der Waals surface area contributed by atoms with Crippen LogP contribution < -0.4 is 5.32 Å². The summed E-state index contributed by atoms with van der Waals surface area (Å²) in [4.78, 5) is 17.1. The third-order valence-electron chi connectivity index (χ3n) is 3.41. The van der Waals surface area contributed by atoms with Gasteiger partial charge in [-0.2, -0.15) is 5.10 Å². The first-order valence-electron chi connectivity index (χ1n) is 7.16. The van der Waals surface area contributed by atoms with Crippen molar-refractivity contribution in [2.45, 2.75) is 26.8 Å². The molecule has 0 spiro atoms. The molecule has 22 heavy (non-hydrogen) atoms. The molecule has 3 aromatic heterocycles. The molecule has 0 aliphatic rings. The van der Waals surface area contributed by atoms with Crippen molar-refractivity contribution in [1.82, 2.24) is 20.1 Å². The number of aromatic nitrogens is 3. The van der Waals surface area contributed by atoms with E-state index in [0.29, 0.717) is 22.7 Å². The number of amides is 1. The van der Waals surface area contributed by atoms with Crippen LogP contribution in [-0.2, 0) is 7.05 Å². The summed E-state index contributed by atoms with van der Waals surface area (Å²) < 4.78 is 7.09. The van der Waals surface area contributed by atoms with Gasteiger partial charge in [-0.25, -0.2) is 4.98 Å². The molecule has 0 aliphatic heterocycles. The van der Waals surface area contributed by atoms with Crippen molar-refractivity contribution in [3.63, 3.8) is 0 Å². The van der Waals surface area contributed by atoms with Crippen molar-refractivity contribution in [3.05, 3.63) is 35.7 Å². The molecule has 0 bridgehead atoms. The maximum atomic E-state index is 12.5. The number of furan rings is 1. The van der Waals surface area contributed by atoms with Crippen LogP contribution in [0.15, 0.2) is 28.9 Å². The molecule has 0 unspecified atom stereocenters. The van der Waals surface area contributed by atoms with Crippen LogP contribution in [-0.4, -0.2) is 26.7 Å². The summed E-state index contributed by atoms with van der Waals surface area (Å²) in [7, 11) is 1.82. The second kappa shape index (κ2) is 5.29. The standard InChI is InChI=1S/C16H18N4O2/c1-9(2)17-16(21)11-8-12(13-6-5-7-22-13)18-15-14(11)10(3)19-20(15)4/h5-9H,1-4H3,(H,17,21). The van der Waals surface area contributed by atoms with Gasteiger partial charge in [-0.05, 0) is 39.0 Å². The number of rotatable bonds is 3. The van der Waals surface area contributed by atoms with E-state index in [9.17, 15) is 4.79 Å². The lowest BCUT2D eigenvalue weighted by molar-refractivity contribution is 0.0944. The van der Waals surface area contributed by atoms with Gasteiger partial charge in [-0.3, -0.25) is 9.48 Å². The van der Waals surface area contributed by atoms with E-state index in [1.165, 1.54) is 0 Å². The van der Waals surface area contributed by atoms with Crippen molar-refractivity contribution in [2.75, 3.05) is 0 Å². The fraction of sp³-hybridized carbons (Fsp3) is 0.312. The lowest BCUT2D eigenvalue weighted by Gasteiger charge is -2.10. The van der Waals surface area contributed by atoms with Gasteiger partial charge in [-0.15, -0.1) is 0 Å². The number of nitrogens with one attached hydrogen (secondary N) is 1. The molecule has 3 rings (SSSR count). The van der Waals surface area contributed by atoms with Crippen LogP contribution in [0, 0.1) is 6.92 Å². The van der Waals surface area contributed by atoms with Crippen LogP contribution >= 0.6 is 0 Å². The maximum Gasteiger partial charge on any atom is 0.252 e. The zero-order chi connectivity index (χ0) is 15.9. The van der Waals surface area contributed by atoms with Crippen molar-refractivity contribution < 1.29 is 9.21 Å². The van der Waals surface area contributed by atoms with Gasteiger partial charge >= 0.3 is 0 Å². The number of hydrogen-bond donors (Lipinski definition) is 1. The number of pyridine rings is 1. The Morgan fingerprint density at radius 2 is 2.18 bits per heavy atom. The summed E-state index contributed by atoms with van der Waals surface area (Å²) in [5, 5.41) is 8.08. The SMILES string of the molecule is Cc1nn(C)c2nc(-c3ccco3)cc(C(=O)NC(C)C)c12. The molecule has 0 atom stereocenters. The summed E-state index contributed by atoms with van der Waals surface area (Å²) in [5.41, 5.74) is 2.63. The molecule has 0 saturated carbocycles. The summed E-state index contributed by atoms with van der Waals surface area (Å²) >= 11 is 0. The average molecular weight is 298 g/mol. The number of carbonyl (C=O) groups excluding carboxylic acids is 1. The van der Waals surface area contributed by atoms with E-state index in [0.717, 1.165) is 11.1 Å². The number of hydrogen-bond acceptors (Lipinski definition) is 4. The second-order valence-corrected chi connectivity index (χ2v) is 5.57. The molecule has 6 heteroatoms. The Labute approximate surface area is 128 Å². The van der Waals surface area contributed by atoms with Crippen LogP contribution in [0.1, 0.15) is 29.9 Å². The van der Waals surface area contributed by atoms with Crippen molar-refractivity contribution >= 4 is 16.9 Å². The molecule has 0 fully saturated rings. The summed E-state index contributed by atoms with van der Waals surface area (Å²) in [6, 6.07) is 5.43. The largest absolute Gasteiger partial charge is 0.463 e. The number of aryl methyl sites for hydroxylation is 2. The van der Waals surface area contributed by atoms with Crippen LogP contribution in [0.2, 0.25) is 0 Å². The van der Waals surface area contributed by atoms with Crippen LogP contribution in [0.25, 0.3) is 22.5 Å². The Bertz CT molecular complexity index is 832. The van der Waals surface area contributed by atoms with Gasteiger partial charge in [0, 0.05) is 13.1 Å². The lowest BCUT2D eigenvalue weighted by Crippen LogP contribution is -2.30. The van der Waals surface area contributed by atoms with E-state index in [4.69, 9.17) is 4.42 Å². The van der Waals surface area contributed by atoms with Crippen LogP contribution in [0.5, 0.6) is 0 Å². The van der Waals surface area contributed by atoms with Crippen LogP contribution in [0.3, 0.4) is 0 Å².